The molecule has 0 atom stereocenters. The van der Waals surface area contributed by atoms with Gasteiger partial charge in [-0.2, -0.15) is 13.2 Å². The van der Waals surface area contributed by atoms with Gasteiger partial charge >= 0.3 is 12.1 Å². The number of halogens is 3. The Labute approximate surface area is 263 Å². The zero-order valence-electron chi connectivity index (χ0n) is 26.3. The van der Waals surface area contributed by atoms with Gasteiger partial charge in [-0.25, -0.2) is 4.79 Å². The lowest BCUT2D eigenvalue weighted by Gasteiger charge is -2.33. The first-order chi connectivity index (χ1) is 21.6. The van der Waals surface area contributed by atoms with Crippen molar-refractivity contribution in [2.75, 3.05) is 39.4 Å². The van der Waals surface area contributed by atoms with Crippen LogP contribution in [0.1, 0.15) is 89.8 Å². The Bertz CT molecular complexity index is 1430. The number of piperidine rings is 1. The predicted molar refractivity (Wildman–Crippen MR) is 170 cm³/mol. The topological polar surface area (TPSA) is 67.9 Å². The molecule has 1 saturated heterocycles. The molecule has 1 N–H and O–H groups in total. The fraction of sp³-hybridized carbons (Fsp3) is 0.444. The van der Waals surface area contributed by atoms with Crippen LogP contribution in [-0.4, -0.2) is 56.2 Å². The highest BCUT2D eigenvalue weighted by Gasteiger charge is 2.30. The van der Waals surface area contributed by atoms with E-state index in [2.05, 4.69) is 35.3 Å². The summed E-state index contributed by atoms with van der Waals surface area (Å²) in [4.78, 5) is 28.1. The van der Waals surface area contributed by atoms with Gasteiger partial charge in [-0.3, -0.25) is 4.79 Å². The minimum absolute atomic E-state index is 0.125. The van der Waals surface area contributed by atoms with Crippen molar-refractivity contribution in [3.63, 3.8) is 0 Å². The maximum absolute atomic E-state index is 13.0. The van der Waals surface area contributed by atoms with Crippen LogP contribution in [0.25, 0.3) is 11.1 Å². The fourth-order valence-corrected chi connectivity index (χ4v) is 5.80. The molecule has 1 heterocycles. The molecular weight excluding hydrogens is 581 g/mol. The van der Waals surface area contributed by atoms with Crippen LogP contribution in [-0.2, 0) is 17.3 Å². The lowest BCUT2D eigenvalue weighted by molar-refractivity contribution is -0.137. The van der Waals surface area contributed by atoms with Crippen molar-refractivity contribution < 1.29 is 32.2 Å². The van der Waals surface area contributed by atoms with E-state index in [1.807, 2.05) is 6.92 Å². The van der Waals surface area contributed by atoms with Gasteiger partial charge in [0.15, 0.2) is 0 Å². The summed E-state index contributed by atoms with van der Waals surface area (Å²) in [6, 6.07) is 15.8. The Morgan fingerprint density at radius 3 is 2.29 bits per heavy atom. The van der Waals surface area contributed by atoms with E-state index in [0.717, 1.165) is 69.6 Å². The summed E-state index contributed by atoms with van der Waals surface area (Å²) in [7, 11) is 0. The number of aryl methyl sites for hydroxylation is 1. The maximum Gasteiger partial charge on any atom is 0.416 e. The van der Waals surface area contributed by atoms with Gasteiger partial charge in [-0.15, -0.1) is 0 Å². The highest BCUT2D eigenvalue weighted by atomic mass is 19.4. The van der Waals surface area contributed by atoms with Crippen molar-refractivity contribution in [2.24, 2.45) is 0 Å². The summed E-state index contributed by atoms with van der Waals surface area (Å²) in [6.07, 6.45) is 0.471. The number of alkyl halides is 3. The molecule has 0 aliphatic carbocycles. The second-order valence-electron chi connectivity index (χ2n) is 11.3. The van der Waals surface area contributed by atoms with Gasteiger partial charge < -0.3 is 19.7 Å². The molecule has 0 saturated carbocycles. The molecule has 4 rings (SSSR count). The van der Waals surface area contributed by atoms with Crippen molar-refractivity contribution in [1.82, 2.24) is 10.2 Å². The summed E-state index contributed by atoms with van der Waals surface area (Å²) >= 11 is 0. The number of amides is 1. The molecule has 1 aliphatic rings. The van der Waals surface area contributed by atoms with Gasteiger partial charge in [0.1, 0.15) is 5.75 Å². The van der Waals surface area contributed by atoms with Crippen LogP contribution in [0.3, 0.4) is 0 Å². The summed E-state index contributed by atoms with van der Waals surface area (Å²) in [5.74, 6) is 0.560. The lowest BCUT2D eigenvalue weighted by Crippen LogP contribution is -2.34. The van der Waals surface area contributed by atoms with Crippen LogP contribution in [0.4, 0.5) is 13.2 Å². The van der Waals surface area contributed by atoms with Crippen molar-refractivity contribution in [3.8, 4) is 16.9 Å². The Balaban J connectivity index is 1.27. The number of esters is 1. The quantitative estimate of drug-likeness (QED) is 0.155. The van der Waals surface area contributed by atoms with Gasteiger partial charge in [0, 0.05) is 12.1 Å². The Morgan fingerprint density at radius 1 is 0.911 bits per heavy atom. The number of benzene rings is 3. The first-order valence-corrected chi connectivity index (χ1v) is 15.9. The molecule has 1 aliphatic heterocycles. The number of nitrogens with one attached hydrogen (secondary N) is 1. The van der Waals surface area contributed by atoms with E-state index in [9.17, 15) is 22.8 Å². The molecule has 242 valence electrons. The minimum Gasteiger partial charge on any atom is -0.494 e. The smallest absolute Gasteiger partial charge is 0.416 e. The van der Waals surface area contributed by atoms with Crippen molar-refractivity contribution in [2.45, 2.75) is 65.0 Å². The molecule has 0 unspecified atom stereocenters. The average molecular weight is 625 g/mol. The monoisotopic (exact) mass is 624 g/mol. The normalized spacial score (nSPS) is 14.3. The summed E-state index contributed by atoms with van der Waals surface area (Å²) < 4.78 is 50.2. The second-order valence-corrected chi connectivity index (χ2v) is 11.3. The van der Waals surface area contributed by atoms with Crippen LogP contribution >= 0.6 is 0 Å². The number of carbonyl (C=O) groups excluding carboxylic acids is 2. The van der Waals surface area contributed by atoms with E-state index in [1.165, 1.54) is 29.3 Å². The third-order valence-corrected chi connectivity index (χ3v) is 8.30. The molecule has 3 aromatic rings. The number of hydrogen-bond acceptors (Lipinski definition) is 5. The van der Waals surface area contributed by atoms with E-state index in [4.69, 9.17) is 9.47 Å². The molecule has 0 bridgehead atoms. The molecule has 0 aromatic heterocycles. The minimum atomic E-state index is -4.46. The highest BCUT2D eigenvalue weighted by Crippen LogP contribution is 2.35. The summed E-state index contributed by atoms with van der Waals surface area (Å²) in [6.45, 7) is 10.1. The molecule has 0 spiro atoms. The Kier molecular flexibility index (Phi) is 12.0. The fourth-order valence-electron chi connectivity index (χ4n) is 5.80. The van der Waals surface area contributed by atoms with E-state index in [1.54, 1.807) is 19.1 Å². The van der Waals surface area contributed by atoms with Crippen LogP contribution in [0.15, 0.2) is 60.7 Å². The Hall–Kier alpha value is -3.85. The molecular formula is C36H43F3N2O4. The number of unbranched alkanes of at least 4 members (excludes halogenated alkanes) is 1. The summed E-state index contributed by atoms with van der Waals surface area (Å²) in [5, 5.41) is 2.93. The molecule has 1 fully saturated rings. The van der Waals surface area contributed by atoms with Gasteiger partial charge in [0.25, 0.3) is 5.91 Å². The van der Waals surface area contributed by atoms with Crippen LogP contribution in [0.5, 0.6) is 5.75 Å². The first-order valence-electron chi connectivity index (χ1n) is 15.9. The van der Waals surface area contributed by atoms with Crippen molar-refractivity contribution in [1.29, 1.82) is 0 Å². The number of ether oxygens (including phenoxy) is 2. The predicted octanol–water partition coefficient (Wildman–Crippen LogP) is 7.90. The van der Waals surface area contributed by atoms with E-state index < -0.39 is 17.7 Å². The number of nitrogens with zero attached hydrogens (tertiary/aromatic N) is 1. The van der Waals surface area contributed by atoms with Crippen LogP contribution in [0.2, 0.25) is 0 Å². The second kappa shape index (κ2) is 15.9. The molecule has 3 aromatic carbocycles. The molecule has 0 radical (unpaired) electrons. The highest BCUT2D eigenvalue weighted by molar-refractivity contribution is 6.02. The third-order valence-electron chi connectivity index (χ3n) is 8.30. The average Bonchev–Trinajstić information content (AvgIpc) is 3.04. The maximum atomic E-state index is 13.0. The Morgan fingerprint density at radius 2 is 1.64 bits per heavy atom. The largest absolute Gasteiger partial charge is 0.494 e. The number of hydrogen-bond donors (Lipinski definition) is 1. The molecule has 1 amide bonds. The molecule has 6 nitrogen and oxygen atoms in total. The lowest BCUT2D eigenvalue weighted by atomic mass is 9.88. The molecule has 9 heteroatoms. The number of likely N-dealkylation sites (tertiary alicyclic amines) is 1. The van der Waals surface area contributed by atoms with Gasteiger partial charge in [0.05, 0.1) is 24.3 Å². The van der Waals surface area contributed by atoms with Gasteiger partial charge in [-0.1, -0.05) is 37.3 Å². The zero-order chi connectivity index (χ0) is 32.4. The number of carbonyl (C=O) groups is 2. The van der Waals surface area contributed by atoms with E-state index >= 15 is 0 Å². The third kappa shape index (κ3) is 9.10. The SMILES string of the molecule is CCOC(=O)c1cc(C(=O)NCCCCN2CCC(c3ccc(CC)cc3OCC)CC2)ccc1-c1ccc(C(F)(F)F)cc1. The van der Waals surface area contributed by atoms with E-state index in [0.29, 0.717) is 30.2 Å². The van der Waals surface area contributed by atoms with Gasteiger partial charge in [-0.05, 0) is 124 Å². The first kappa shape index (κ1) is 34.0. The number of rotatable bonds is 13. The zero-order valence-corrected chi connectivity index (χ0v) is 26.3. The van der Waals surface area contributed by atoms with Crippen molar-refractivity contribution in [3.05, 3.63) is 88.5 Å². The summed E-state index contributed by atoms with van der Waals surface area (Å²) in [5.41, 5.74) is 3.06. The van der Waals surface area contributed by atoms with Crippen LogP contribution < -0.4 is 10.1 Å². The molecule has 45 heavy (non-hydrogen) atoms. The standard InChI is InChI=1S/C36H43F3N2O4/c1-4-25-9-15-31(33(23-25)44-5-2)27-17-21-41(22-18-27)20-8-7-19-40-34(42)28-12-16-30(32(24-28)35(43)45-6-3)26-10-13-29(14-11-26)36(37,38)39/h9-16,23-24,27H,4-8,17-22H2,1-3H3,(H,40,42). The van der Waals surface area contributed by atoms with Gasteiger partial charge in [0.2, 0.25) is 0 Å². The van der Waals surface area contributed by atoms with Crippen molar-refractivity contribution >= 4 is 11.9 Å². The van der Waals surface area contributed by atoms with Crippen LogP contribution in [0, 0.1) is 0 Å². The van der Waals surface area contributed by atoms with E-state index in [-0.39, 0.29) is 23.6 Å².